The van der Waals surface area contributed by atoms with Crippen LogP contribution < -0.4 is 20.3 Å². The van der Waals surface area contributed by atoms with Crippen molar-refractivity contribution < 1.29 is 14.3 Å². The summed E-state index contributed by atoms with van der Waals surface area (Å²) in [5, 5.41) is 3.03. The molecule has 140 valence electrons. The minimum Gasteiger partial charge on any atom is -0.493 e. The Kier molecular flexibility index (Phi) is 6.83. The first kappa shape index (κ1) is 19.6. The Labute approximate surface area is 153 Å². The van der Waals surface area contributed by atoms with Crippen molar-refractivity contribution in [3.05, 3.63) is 58.0 Å². The van der Waals surface area contributed by atoms with Crippen molar-refractivity contribution in [1.82, 2.24) is 9.88 Å². The second-order valence-corrected chi connectivity index (χ2v) is 6.05. The molecule has 0 saturated carbocycles. The fourth-order valence-corrected chi connectivity index (χ4v) is 2.88. The second kappa shape index (κ2) is 9.08. The summed E-state index contributed by atoms with van der Waals surface area (Å²) in [6.45, 7) is 4.23. The molecule has 26 heavy (non-hydrogen) atoms. The van der Waals surface area contributed by atoms with Crippen LogP contribution in [0.1, 0.15) is 37.1 Å². The first-order chi connectivity index (χ1) is 12.5. The standard InChI is InChI=1S/C20H26N2O4/c1-5-16(15-9-10-17(25-3)18(13-15)26-4)21-19(23)11-12-22-14(2)7-6-8-20(22)24/h6-10,13,16H,5,11-12H2,1-4H3,(H,21,23)/t16-/m0/s1. The average molecular weight is 358 g/mol. The summed E-state index contributed by atoms with van der Waals surface area (Å²) in [4.78, 5) is 24.3. The highest BCUT2D eigenvalue weighted by atomic mass is 16.5. The van der Waals surface area contributed by atoms with Gasteiger partial charge in [0.25, 0.3) is 5.56 Å². The summed E-state index contributed by atoms with van der Waals surface area (Å²) in [5.74, 6) is 1.18. The molecule has 0 bridgehead atoms. The van der Waals surface area contributed by atoms with Gasteiger partial charge in [-0.3, -0.25) is 9.59 Å². The lowest BCUT2D eigenvalue weighted by molar-refractivity contribution is -0.122. The van der Waals surface area contributed by atoms with Crippen LogP contribution in [-0.2, 0) is 11.3 Å². The number of aryl methyl sites for hydroxylation is 1. The maximum atomic E-state index is 12.4. The molecule has 6 nitrogen and oxygen atoms in total. The Morgan fingerprint density at radius 3 is 2.50 bits per heavy atom. The molecule has 1 amide bonds. The van der Waals surface area contributed by atoms with Crippen LogP contribution in [0.3, 0.4) is 0 Å². The zero-order valence-corrected chi connectivity index (χ0v) is 15.7. The Morgan fingerprint density at radius 2 is 1.88 bits per heavy atom. The predicted octanol–water partition coefficient (Wildman–Crippen LogP) is 2.83. The zero-order chi connectivity index (χ0) is 19.1. The van der Waals surface area contributed by atoms with E-state index in [0.717, 1.165) is 17.7 Å². The first-order valence-corrected chi connectivity index (χ1v) is 8.67. The number of rotatable bonds is 8. The van der Waals surface area contributed by atoms with Crippen LogP contribution in [0, 0.1) is 6.92 Å². The molecular formula is C20H26N2O4. The maximum absolute atomic E-state index is 12.4. The summed E-state index contributed by atoms with van der Waals surface area (Å²) in [7, 11) is 3.17. The molecule has 1 N–H and O–H groups in total. The highest BCUT2D eigenvalue weighted by Gasteiger charge is 2.15. The molecule has 0 aliphatic heterocycles. The van der Waals surface area contributed by atoms with E-state index in [-0.39, 0.29) is 23.9 Å². The van der Waals surface area contributed by atoms with Gasteiger partial charge >= 0.3 is 0 Å². The van der Waals surface area contributed by atoms with Gasteiger partial charge in [0, 0.05) is 24.7 Å². The predicted molar refractivity (Wildman–Crippen MR) is 101 cm³/mol. The quantitative estimate of drug-likeness (QED) is 0.788. The van der Waals surface area contributed by atoms with Crippen molar-refractivity contribution in [3.8, 4) is 11.5 Å². The Morgan fingerprint density at radius 1 is 1.15 bits per heavy atom. The zero-order valence-electron chi connectivity index (χ0n) is 15.7. The summed E-state index contributed by atoms with van der Waals surface area (Å²) >= 11 is 0. The molecule has 2 rings (SSSR count). The van der Waals surface area contributed by atoms with Gasteiger partial charge in [-0.2, -0.15) is 0 Å². The van der Waals surface area contributed by atoms with E-state index in [1.807, 2.05) is 38.1 Å². The number of hydrogen-bond donors (Lipinski definition) is 1. The fourth-order valence-electron chi connectivity index (χ4n) is 2.88. The molecule has 6 heteroatoms. The fraction of sp³-hybridized carbons (Fsp3) is 0.400. The lowest BCUT2D eigenvalue weighted by Crippen LogP contribution is -2.30. The third-order valence-electron chi connectivity index (χ3n) is 4.38. The molecule has 1 heterocycles. The van der Waals surface area contributed by atoms with Crippen LogP contribution in [0.2, 0.25) is 0 Å². The van der Waals surface area contributed by atoms with Crippen molar-refractivity contribution in [2.45, 2.75) is 39.3 Å². The molecule has 0 aliphatic carbocycles. The number of pyridine rings is 1. The summed E-state index contributed by atoms with van der Waals surface area (Å²) < 4.78 is 12.2. The van der Waals surface area contributed by atoms with E-state index in [4.69, 9.17) is 9.47 Å². The molecule has 0 unspecified atom stereocenters. The van der Waals surface area contributed by atoms with Crippen molar-refractivity contribution in [1.29, 1.82) is 0 Å². The summed E-state index contributed by atoms with van der Waals surface area (Å²) in [5.41, 5.74) is 1.70. The van der Waals surface area contributed by atoms with Crippen LogP contribution in [-0.4, -0.2) is 24.7 Å². The molecule has 0 saturated heterocycles. The van der Waals surface area contributed by atoms with Crippen molar-refractivity contribution in [2.24, 2.45) is 0 Å². The summed E-state index contributed by atoms with van der Waals surface area (Å²) in [6, 6.07) is 10.6. The van der Waals surface area contributed by atoms with Crippen LogP contribution in [0.25, 0.3) is 0 Å². The largest absolute Gasteiger partial charge is 0.493 e. The number of amides is 1. The van der Waals surface area contributed by atoms with E-state index < -0.39 is 0 Å². The molecule has 1 aromatic carbocycles. The van der Waals surface area contributed by atoms with Crippen LogP contribution in [0.15, 0.2) is 41.2 Å². The number of ether oxygens (including phenoxy) is 2. The third-order valence-corrected chi connectivity index (χ3v) is 4.38. The topological polar surface area (TPSA) is 69.6 Å². The minimum atomic E-state index is -0.129. The van der Waals surface area contributed by atoms with Gasteiger partial charge < -0.3 is 19.4 Å². The SMILES string of the molecule is CC[C@H](NC(=O)CCn1c(C)cccc1=O)c1ccc(OC)c(OC)c1. The van der Waals surface area contributed by atoms with Gasteiger partial charge in [-0.25, -0.2) is 0 Å². The minimum absolute atomic E-state index is 0.0928. The Bertz CT molecular complexity index is 814. The number of benzene rings is 1. The number of aromatic nitrogens is 1. The number of carbonyl (C=O) groups is 1. The van der Waals surface area contributed by atoms with E-state index in [2.05, 4.69) is 5.32 Å². The monoisotopic (exact) mass is 358 g/mol. The van der Waals surface area contributed by atoms with E-state index in [1.54, 1.807) is 24.9 Å². The van der Waals surface area contributed by atoms with Crippen molar-refractivity contribution in [2.75, 3.05) is 14.2 Å². The van der Waals surface area contributed by atoms with Gasteiger partial charge in [0.15, 0.2) is 11.5 Å². The number of carbonyl (C=O) groups excluding carboxylic acids is 1. The van der Waals surface area contributed by atoms with Crippen molar-refractivity contribution >= 4 is 5.91 Å². The lowest BCUT2D eigenvalue weighted by Gasteiger charge is -2.19. The van der Waals surface area contributed by atoms with Gasteiger partial charge in [-0.05, 0) is 37.1 Å². The first-order valence-electron chi connectivity index (χ1n) is 8.67. The van der Waals surface area contributed by atoms with E-state index in [1.165, 1.54) is 6.07 Å². The molecule has 1 aromatic heterocycles. The van der Waals surface area contributed by atoms with Gasteiger partial charge in [0.2, 0.25) is 5.91 Å². The lowest BCUT2D eigenvalue weighted by atomic mass is 10.0. The van der Waals surface area contributed by atoms with Gasteiger partial charge in [0.05, 0.1) is 20.3 Å². The molecule has 0 aliphatic rings. The molecular weight excluding hydrogens is 332 g/mol. The van der Waals surface area contributed by atoms with E-state index in [9.17, 15) is 9.59 Å². The normalized spacial score (nSPS) is 11.7. The number of nitrogens with zero attached hydrogens (tertiary/aromatic N) is 1. The Balaban J connectivity index is 2.05. The molecule has 0 radical (unpaired) electrons. The van der Waals surface area contributed by atoms with Crippen LogP contribution in [0.5, 0.6) is 11.5 Å². The Hall–Kier alpha value is -2.76. The molecule has 0 spiro atoms. The number of methoxy groups -OCH3 is 2. The third kappa shape index (κ3) is 4.65. The second-order valence-electron chi connectivity index (χ2n) is 6.05. The van der Waals surface area contributed by atoms with Crippen LogP contribution >= 0.6 is 0 Å². The number of nitrogens with one attached hydrogen (secondary N) is 1. The maximum Gasteiger partial charge on any atom is 0.250 e. The number of hydrogen-bond acceptors (Lipinski definition) is 4. The molecule has 2 aromatic rings. The van der Waals surface area contributed by atoms with Crippen molar-refractivity contribution in [3.63, 3.8) is 0 Å². The summed E-state index contributed by atoms with van der Waals surface area (Å²) in [6.07, 6.45) is 0.986. The van der Waals surface area contributed by atoms with Gasteiger partial charge in [-0.1, -0.05) is 19.1 Å². The van der Waals surface area contributed by atoms with Gasteiger partial charge in [-0.15, -0.1) is 0 Å². The average Bonchev–Trinajstić information content (AvgIpc) is 2.65. The van der Waals surface area contributed by atoms with Crippen LogP contribution in [0.4, 0.5) is 0 Å². The highest BCUT2D eigenvalue weighted by molar-refractivity contribution is 5.76. The highest BCUT2D eigenvalue weighted by Crippen LogP contribution is 2.30. The van der Waals surface area contributed by atoms with E-state index >= 15 is 0 Å². The van der Waals surface area contributed by atoms with E-state index in [0.29, 0.717) is 18.0 Å². The van der Waals surface area contributed by atoms with Gasteiger partial charge in [0.1, 0.15) is 0 Å². The molecule has 0 fully saturated rings. The molecule has 1 atom stereocenters. The smallest absolute Gasteiger partial charge is 0.250 e.